The van der Waals surface area contributed by atoms with Crippen LogP contribution in [0.15, 0.2) is 24.7 Å². The summed E-state index contributed by atoms with van der Waals surface area (Å²) < 4.78 is 7.73. The van der Waals surface area contributed by atoms with Gasteiger partial charge in [-0.3, -0.25) is 9.67 Å². The maximum atomic E-state index is 5.82. The summed E-state index contributed by atoms with van der Waals surface area (Å²) in [4.78, 5) is 11.3. The van der Waals surface area contributed by atoms with Crippen LogP contribution in [0, 0.1) is 13.8 Å². The first kappa shape index (κ1) is 13.1. The lowest BCUT2D eigenvalue weighted by molar-refractivity contribution is 0.0271. The standard InChI is InChI=1S/C14H19N5O/c1-11-8-15-12(2)14(17-11)18-6-7-20-13(9-18)10-19-5-3-4-16-19/h3-5,8,13H,6-7,9-10H2,1-2H3. The molecule has 0 aliphatic carbocycles. The average molecular weight is 273 g/mol. The van der Waals surface area contributed by atoms with E-state index in [-0.39, 0.29) is 6.10 Å². The summed E-state index contributed by atoms with van der Waals surface area (Å²) in [6, 6.07) is 1.93. The van der Waals surface area contributed by atoms with Gasteiger partial charge >= 0.3 is 0 Å². The van der Waals surface area contributed by atoms with Crippen LogP contribution in [-0.2, 0) is 11.3 Å². The Morgan fingerprint density at radius 2 is 2.30 bits per heavy atom. The fraction of sp³-hybridized carbons (Fsp3) is 0.500. The van der Waals surface area contributed by atoms with Crippen molar-refractivity contribution in [3.05, 3.63) is 36.0 Å². The van der Waals surface area contributed by atoms with Gasteiger partial charge in [-0.15, -0.1) is 0 Å². The van der Waals surface area contributed by atoms with Gasteiger partial charge in [-0.25, -0.2) is 4.98 Å². The van der Waals surface area contributed by atoms with Crippen molar-refractivity contribution in [3.8, 4) is 0 Å². The second kappa shape index (κ2) is 5.58. The topological polar surface area (TPSA) is 56.1 Å². The normalized spacial score (nSPS) is 19.3. The largest absolute Gasteiger partial charge is 0.373 e. The van der Waals surface area contributed by atoms with Gasteiger partial charge in [0.1, 0.15) is 0 Å². The smallest absolute Gasteiger partial charge is 0.150 e. The van der Waals surface area contributed by atoms with Gasteiger partial charge in [0.15, 0.2) is 5.82 Å². The molecule has 20 heavy (non-hydrogen) atoms. The van der Waals surface area contributed by atoms with Crippen molar-refractivity contribution in [1.82, 2.24) is 19.7 Å². The second-order valence-electron chi connectivity index (χ2n) is 5.09. The molecule has 0 spiro atoms. The van der Waals surface area contributed by atoms with Crippen LogP contribution < -0.4 is 4.90 Å². The zero-order valence-corrected chi connectivity index (χ0v) is 11.9. The van der Waals surface area contributed by atoms with Gasteiger partial charge < -0.3 is 9.64 Å². The number of hydrogen-bond donors (Lipinski definition) is 0. The zero-order valence-electron chi connectivity index (χ0n) is 11.9. The molecule has 0 bridgehead atoms. The number of anilines is 1. The van der Waals surface area contributed by atoms with Crippen molar-refractivity contribution in [1.29, 1.82) is 0 Å². The molecule has 6 nitrogen and oxygen atoms in total. The molecule has 1 fully saturated rings. The third-order valence-corrected chi connectivity index (χ3v) is 3.44. The molecular formula is C14H19N5O. The molecule has 106 valence electrons. The SMILES string of the molecule is Cc1cnc(C)c(N2CCOC(Cn3cccn3)C2)n1. The Hall–Kier alpha value is -1.95. The number of morpholine rings is 1. The number of rotatable bonds is 3. The van der Waals surface area contributed by atoms with E-state index >= 15 is 0 Å². The van der Waals surface area contributed by atoms with Crippen molar-refractivity contribution in [2.75, 3.05) is 24.6 Å². The van der Waals surface area contributed by atoms with Gasteiger partial charge in [0.25, 0.3) is 0 Å². The maximum absolute atomic E-state index is 5.82. The van der Waals surface area contributed by atoms with Gasteiger partial charge in [-0.05, 0) is 19.9 Å². The van der Waals surface area contributed by atoms with Crippen LogP contribution in [0.25, 0.3) is 0 Å². The van der Waals surface area contributed by atoms with Crippen molar-refractivity contribution >= 4 is 5.82 Å². The molecule has 1 unspecified atom stereocenters. The molecule has 1 saturated heterocycles. The Kier molecular flexibility index (Phi) is 3.64. The van der Waals surface area contributed by atoms with Crippen molar-refractivity contribution in [2.45, 2.75) is 26.5 Å². The maximum Gasteiger partial charge on any atom is 0.150 e. The molecule has 0 radical (unpaired) electrons. The summed E-state index contributed by atoms with van der Waals surface area (Å²) in [6.07, 6.45) is 5.68. The van der Waals surface area contributed by atoms with E-state index in [2.05, 4.69) is 20.0 Å². The van der Waals surface area contributed by atoms with E-state index in [0.717, 1.165) is 36.8 Å². The highest BCUT2D eigenvalue weighted by Crippen LogP contribution is 2.19. The lowest BCUT2D eigenvalue weighted by Gasteiger charge is -2.34. The third kappa shape index (κ3) is 2.80. The molecule has 3 rings (SSSR count). The fourth-order valence-electron chi connectivity index (χ4n) is 2.46. The molecule has 2 aromatic rings. The summed E-state index contributed by atoms with van der Waals surface area (Å²) >= 11 is 0. The highest BCUT2D eigenvalue weighted by molar-refractivity contribution is 5.43. The second-order valence-corrected chi connectivity index (χ2v) is 5.09. The monoisotopic (exact) mass is 273 g/mol. The van der Waals surface area contributed by atoms with Gasteiger partial charge in [0, 0.05) is 31.7 Å². The van der Waals surface area contributed by atoms with E-state index in [1.165, 1.54) is 0 Å². The van der Waals surface area contributed by atoms with Crippen LogP contribution >= 0.6 is 0 Å². The number of aryl methyl sites for hydroxylation is 2. The first-order chi connectivity index (χ1) is 9.72. The van der Waals surface area contributed by atoms with Gasteiger partial charge in [-0.2, -0.15) is 5.10 Å². The zero-order chi connectivity index (χ0) is 13.9. The first-order valence-corrected chi connectivity index (χ1v) is 6.86. The molecule has 1 aliphatic rings. The highest BCUT2D eigenvalue weighted by atomic mass is 16.5. The van der Waals surface area contributed by atoms with E-state index in [4.69, 9.17) is 4.74 Å². The predicted molar refractivity (Wildman–Crippen MR) is 75.7 cm³/mol. The Morgan fingerprint density at radius 3 is 3.10 bits per heavy atom. The summed E-state index contributed by atoms with van der Waals surface area (Å²) in [6.45, 7) is 7.12. The lowest BCUT2D eigenvalue weighted by Crippen LogP contribution is -2.45. The molecule has 3 heterocycles. The van der Waals surface area contributed by atoms with Crippen LogP contribution in [0.2, 0.25) is 0 Å². The highest BCUT2D eigenvalue weighted by Gasteiger charge is 2.23. The predicted octanol–water partition coefficient (Wildman–Crippen LogP) is 1.20. The molecular weight excluding hydrogens is 254 g/mol. The Balaban J connectivity index is 1.73. The summed E-state index contributed by atoms with van der Waals surface area (Å²) in [5.74, 6) is 0.971. The Labute approximate surface area is 118 Å². The molecule has 0 saturated carbocycles. The van der Waals surface area contributed by atoms with Crippen LogP contribution in [0.5, 0.6) is 0 Å². The summed E-state index contributed by atoms with van der Waals surface area (Å²) in [7, 11) is 0. The molecule has 0 amide bonds. The van der Waals surface area contributed by atoms with Gasteiger partial charge in [0.05, 0.1) is 30.6 Å². The van der Waals surface area contributed by atoms with Crippen molar-refractivity contribution < 1.29 is 4.74 Å². The van der Waals surface area contributed by atoms with E-state index in [9.17, 15) is 0 Å². The number of ether oxygens (including phenoxy) is 1. The van der Waals surface area contributed by atoms with Crippen molar-refractivity contribution in [2.24, 2.45) is 0 Å². The van der Waals surface area contributed by atoms with Gasteiger partial charge in [-0.1, -0.05) is 0 Å². The Morgan fingerprint density at radius 1 is 1.40 bits per heavy atom. The van der Waals surface area contributed by atoms with Crippen molar-refractivity contribution in [3.63, 3.8) is 0 Å². The van der Waals surface area contributed by atoms with Crippen LogP contribution in [0.1, 0.15) is 11.4 Å². The van der Waals surface area contributed by atoms with E-state index < -0.39 is 0 Å². The molecule has 0 N–H and O–H groups in total. The van der Waals surface area contributed by atoms with Crippen LogP contribution in [0.4, 0.5) is 5.82 Å². The molecule has 6 heteroatoms. The number of hydrogen-bond acceptors (Lipinski definition) is 5. The lowest BCUT2D eigenvalue weighted by atomic mass is 10.2. The quantitative estimate of drug-likeness (QED) is 0.841. The third-order valence-electron chi connectivity index (χ3n) is 3.44. The average Bonchev–Trinajstić information content (AvgIpc) is 2.95. The molecule has 2 aromatic heterocycles. The summed E-state index contributed by atoms with van der Waals surface area (Å²) in [5, 5.41) is 4.23. The molecule has 1 aliphatic heterocycles. The number of aromatic nitrogens is 4. The molecule has 1 atom stereocenters. The minimum Gasteiger partial charge on any atom is -0.373 e. The van der Waals surface area contributed by atoms with Gasteiger partial charge in [0.2, 0.25) is 0 Å². The molecule has 0 aromatic carbocycles. The Bertz CT molecular complexity index is 569. The number of nitrogens with zero attached hydrogens (tertiary/aromatic N) is 5. The first-order valence-electron chi connectivity index (χ1n) is 6.86. The summed E-state index contributed by atoms with van der Waals surface area (Å²) in [5.41, 5.74) is 1.91. The van der Waals surface area contributed by atoms with Crippen LogP contribution in [0.3, 0.4) is 0 Å². The minimum absolute atomic E-state index is 0.130. The fourth-order valence-corrected chi connectivity index (χ4v) is 2.46. The minimum atomic E-state index is 0.130. The van der Waals surface area contributed by atoms with E-state index in [0.29, 0.717) is 6.61 Å². The van der Waals surface area contributed by atoms with E-state index in [1.807, 2.05) is 30.8 Å². The van der Waals surface area contributed by atoms with E-state index in [1.54, 1.807) is 12.4 Å². The van der Waals surface area contributed by atoms with Crippen LogP contribution in [-0.4, -0.2) is 45.5 Å².